The standard InChI is InChI=1S/C40H51N3O8/c1-8-10-16-32(45)41(6)26(5)35(27-14-12-11-13-15-27)50-39(48)33-31-21-22-40(51-31)34(33)37(46)43(30(24-44)25(3)4)36(40)38(47)42(23-9-2)28-17-19-29(49-7)20-18-28/h8-9,11-15,17-20,25-26,30-31,33-36,44H,1-2,10,16,21-24H2,3-7H3/t26-,30+,31+,33-,34-,35+,36+,40-/m1/s1. The average Bonchev–Trinajstić information content (AvgIpc) is 3.79. The highest BCUT2D eigenvalue weighted by Gasteiger charge is 2.76. The summed E-state index contributed by atoms with van der Waals surface area (Å²) in [6.07, 6.45) is 3.42. The molecule has 3 heterocycles. The highest BCUT2D eigenvalue weighted by atomic mass is 16.6. The van der Waals surface area contributed by atoms with E-state index in [1.807, 2.05) is 51.1 Å². The zero-order chi connectivity index (χ0) is 37.0. The van der Waals surface area contributed by atoms with Crippen molar-refractivity contribution in [2.45, 2.75) is 82.4 Å². The number of methoxy groups -OCH3 is 1. The number of amides is 3. The minimum atomic E-state index is -1.32. The Morgan fingerprint density at radius 3 is 2.35 bits per heavy atom. The van der Waals surface area contributed by atoms with Crippen LogP contribution in [0.25, 0.3) is 0 Å². The van der Waals surface area contributed by atoms with Crippen molar-refractivity contribution in [3.05, 3.63) is 85.5 Å². The van der Waals surface area contributed by atoms with Gasteiger partial charge in [-0.2, -0.15) is 0 Å². The van der Waals surface area contributed by atoms with Crippen molar-refractivity contribution in [3.8, 4) is 5.75 Å². The smallest absolute Gasteiger partial charge is 0.313 e. The number of likely N-dealkylation sites (N-methyl/N-ethyl adjacent to an activating group) is 1. The lowest BCUT2D eigenvalue weighted by Gasteiger charge is -2.40. The first-order chi connectivity index (χ1) is 24.4. The lowest BCUT2D eigenvalue weighted by atomic mass is 9.70. The van der Waals surface area contributed by atoms with Crippen LogP contribution in [0.1, 0.15) is 58.1 Å². The molecule has 0 saturated carbocycles. The molecule has 5 rings (SSSR count). The maximum absolute atomic E-state index is 14.9. The first-order valence-corrected chi connectivity index (χ1v) is 17.7. The molecule has 3 amide bonds. The van der Waals surface area contributed by atoms with E-state index in [2.05, 4.69) is 13.2 Å². The minimum Gasteiger partial charge on any atom is -0.497 e. The van der Waals surface area contributed by atoms with Crippen molar-refractivity contribution < 1.29 is 38.5 Å². The summed E-state index contributed by atoms with van der Waals surface area (Å²) < 4.78 is 18.3. The van der Waals surface area contributed by atoms with Gasteiger partial charge in [-0.15, -0.1) is 13.2 Å². The van der Waals surface area contributed by atoms with Crippen LogP contribution in [0, 0.1) is 17.8 Å². The number of carbonyl (C=O) groups excluding carboxylic acids is 4. The molecule has 51 heavy (non-hydrogen) atoms. The second-order valence-electron chi connectivity index (χ2n) is 14.1. The number of carbonyl (C=O) groups is 4. The van der Waals surface area contributed by atoms with E-state index in [0.717, 1.165) is 0 Å². The Kier molecular flexibility index (Phi) is 11.7. The van der Waals surface area contributed by atoms with Crippen LogP contribution in [-0.2, 0) is 28.7 Å². The van der Waals surface area contributed by atoms with Gasteiger partial charge in [-0.1, -0.05) is 56.3 Å². The Bertz CT molecular complexity index is 1600. The Morgan fingerprint density at radius 1 is 1.08 bits per heavy atom. The third-order valence-corrected chi connectivity index (χ3v) is 10.9. The zero-order valence-electron chi connectivity index (χ0n) is 30.3. The number of likely N-dealkylation sites (tertiary alicyclic amines) is 1. The topological polar surface area (TPSA) is 126 Å². The van der Waals surface area contributed by atoms with Crippen molar-refractivity contribution in [3.63, 3.8) is 0 Å². The van der Waals surface area contributed by atoms with Crippen LogP contribution in [0.2, 0.25) is 0 Å². The first kappa shape index (κ1) is 37.8. The third kappa shape index (κ3) is 6.93. The molecule has 3 aliphatic rings. The Hall–Kier alpha value is -4.48. The molecule has 274 valence electrons. The molecule has 11 heteroatoms. The van der Waals surface area contributed by atoms with Crippen molar-refractivity contribution in [1.82, 2.24) is 9.80 Å². The fourth-order valence-corrected chi connectivity index (χ4v) is 8.10. The first-order valence-electron chi connectivity index (χ1n) is 17.7. The number of rotatable bonds is 16. The third-order valence-electron chi connectivity index (χ3n) is 10.9. The number of ether oxygens (including phenoxy) is 3. The lowest BCUT2D eigenvalue weighted by Crippen LogP contribution is -2.59. The summed E-state index contributed by atoms with van der Waals surface area (Å²) in [5, 5.41) is 10.6. The molecule has 3 saturated heterocycles. The van der Waals surface area contributed by atoms with E-state index >= 15 is 0 Å². The SMILES string of the molecule is C=CCCC(=O)N(C)[C@H](C)[C@H](OC(=O)[C@@H]1[C@@H]2CC[C@]3(O2)[C@H](C(=O)N(CC=C)c2ccc(OC)cc2)N([C@@H](CO)C(C)C)C(=O)[C@@H]13)c1ccccc1. The summed E-state index contributed by atoms with van der Waals surface area (Å²) in [5.74, 6) is -3.13. The van der Waals surface area contributed by atoms with Gasteiger partial charge in [0.05, 0.1) is 43.7 Å². The van der Waals surface area contributed by atoms with Crippen molar-refractivity contribution in [2.24, 2.45) is 17.8 Å². The molecule has 0 aromatic heterocycles. The van der Waals surface area contributed by atoms with Gasteiger partial charge < -0.3 is 34.0 Å². The molecular formula is C40H51N3O8. The Labute approximate surface area is 300 Å². The molecule has 2 aromatic carbocycles. The van der Waals surface area contributed by atoms with E-state index < -0.39 is 59.6 Å². The van der Waals surface area contributed by atoms with Gasteiger partial charge in [0.25, 0.3) is 5.91 Å². The lowest BCUT2D eigenvalue weighted by molar-refractivity contribution is -0.165. The quantitative estimate of drug-likeness (QED) is 0.197. The summed E-state index contributed by atoms with van der Waals surface area (Å²) >= 11 is 0. The fraction of sp³-hybridized carbons (Fsp3) is 0.500. The number of hydrogen-bond donors (Lipinski definition) is 1. The van der Waals surface area contributed by atoms with Crippen LogP contribution in [0.5, 0.6) is 5.75 Å². The number of esters is 1. The number of fused-ring (bicyclic) bond motifs is 1. The van der Waals surface area contributed by atoms with E-state index in [9.17, 15) is 24.3 Å². The second kappa shape index (κ2) is 15.8. The predicted molar refractivity (Wildman–Crippen MR) is 193 cm³/mol. The monoisotopic (exact) mass is 701 g/mol. The number of nitrogens with zero attached hydrogens (tertiary/aromatic N) is 3. The highest BCUT2D eigenvalue weighted by molar-refractivity contribution is 6.05. The van der Waals surface area contributed by atoms with E-state index in [1.165, 1.54) is 4.90 Å². The molecule has 8 atom stereocenters. The van der Waals surface area contributed by atoms with Gasteiger partial charge >= 0.3 is 5.97 Å². The van der Waals surface area contributed by atoms with Gasteiger partial charge in [0.2, 0.25) is 11.8 Å². The van der Waals surface area contributed by atoms with Crippen LogP contribution >= 0.6 is 0 Å². The average molecular weight is 702 g/mol. The summed E-state index contributed by atoms with van der Waals surface area (Å²) in [4.78, 5) is 61.8. The summed E-state index contributed by atoms with van der Waals surface area (Å²) in [7, 11) is 3.24. The molecule has 0 radical (unpaired) electrons. The highest BCUT2D eigenvalue weighted by Crippen LogP contribution is 2.59. The summed E-state index contributed by atoms with van der Waals surface area (Å²) in [5.41, 5.74) is -0.0391. The van der Waals surface area contributed by atoms with Crippen molar-refractivity contribution in [2.75, 3.05) is 32.2 Å². The Balaban J connectivity index is 1.53. The molecule has 1 spiro atoms. The molecule has 3 aliphatic heterocycles. The molecule has 2 bridgehead atoms. The molecular weight excluding hydrogens is 650 g/mol. The van der Waals surface area contributed by atoms with Crippen molar-refractivity contribution >= 4 is 29.4 Å². The normalized spacial score (nSPS) is 25.2. The molecule has 2 aromatic rings. The van der Waals surface area contributed by atoms with Crippen LogP contribution in [0.3, 0.4) is 0 Å². The van der Waals surface area contributed by atoms with Crippen molar-refractivity contribution in [1.29, 1.82) is 0 Å². The van der Waals surface area contributed by atoms with E-state index in [0.29, 0.717) is 36.3 Å². The van der Waals surface area contributed by atoms with Gasteiger partial charge in [-0.25, -0.2) is 0 Å². The predicted octanol–water partition coefficient (Wildman–Crippen LogP) is 4.70. The number of hydrogen-bond acceptors (Lipinski definition) is 8. The second-order valence-corrected chi connectivity index (χ2v) is 14.1. The van der Waals surface area contributed by atoms with E-state index in [-0.39, 0.29) is 37.3 Å². The van der Waals surface area contributed by atoms with Crippen LogP contribution in [-0.4, -0.2) is 95.7 Å². The van der Waals surface area contributed by atoms with Crippen LogP contribution < -0.4 is 9.64 Å². The largest absolute Gasteiger partial charge is 0.497 e. The number of aliphatic hydroxyl groups is 1. The van der Waals surface area contributed by atoms with Crippen LogP contribution in [0.4, 0.5) is 5.69 Å². The molecule has 11 nitrogen and oxygen atoms in total. The van der Waals surface area contributed by atoms with Gasteiger partial charge in [-0.3, -0.25) is 19.2 Å². The van der Waals surface area contributed by atoms with E-state index in [1.54, 1.807) is 60.4 Å². The Morgan fingerprint density at radius 2 is 1.76 bits per heavy atom. The van der Waals surface area contributed by atoms with Crippen LogP contribution in [0.15, 0.2) is 79.9 Å². The molecule has 0 aliphatic carbocycles. The van der Waals surface area contributed by atoms with Gasteiger partial charge in [-0.05, 0) is 61.9 Å². The minimum absolute atomic E-state index is 0.116. The van der Waals surface area contributed by atoms with Gasteiger partial charge in [0.15, 0.2) is 0 Å². The van der Waals surface area contributed by atoms with Gasteiger partial charge in [0, 0.05) is 25.7 Å². The molecule has 0 unspecified atom stereocenters. The van der Waals surface area contributed by atoms with Gasteiger partial charge in [0.1, 0.15) is 23.5 Å². The molecule has 3 fully saturated rings. The summed E-state index contributed by atoms with van der Waals surface area (Å²) in [6.45, 7) is 13.0. The zero-order valence-corrected chi connectivity index (χ0v) is 30.3. The number of allylic oxidation sites excluding steroid dienone is 1. The molecule has 1 N–H and O–H groups in total. The number of benzene rings is 2. The van der Waals surface area contributed by atoms with E-state index in [4.69, 9.17) is 14.2 Å². The number of aliphatic hydroxyl groups excluding tert-OH is 1. The number of anilines is 1. The summed E-state index contributed by atoms with van der Waals surface area (Å²) in [6, 6.07) is 13.9. The fourth-order valence-electron chi connectivity index (χ4n) is 8.10. The maximum atomic E-state index is 14.9. The maximum Gasteiger partial charge on any atom is 0.313 e.